The molecule has 196 valence electrons. The Balaban J connectivity index is 1.70. The summed E-state index contributed by atoms with van der Waals surface area (Å²) in [5, 5.41) is 0. The first-order valence-electron chi connectivity index (χ1n) is 13.7. The molecule has 1 saturated carbocycles. The van der Waals surface area contributed by atoms with Crippen molar-refractivity contribution >= 4 is 23.3 Å². The van der Waals surface area contributed by atoms with Gasteiger partial charge in [0.15, 0.2) is 5.78 Å². The number of ketones is 1. The molecular formula is C30H36N2O5. The minimum Gasteiger partial charge on any atom is -0.462 e. The van der Waals surface area contributed by atoms with Gasteiger partial charge in [-0.25, -0.2) is 4.79 Å². The van der Waals surface area contributed by atoms with Crippen LogP contribution >= 0.6 is 0 Å². The van der Waals surface area contributed by atoms with Gasteiger partial charge in [-0.15, -0.1) is 0 Å². The summed E-state index contributed by atoms with van der Waals surface area (Å²) >= 11 is 0. The van der Waals surface area contributed by atoms with Crippen LogP contribution < -0.4 is 10.6 Å². The molecule has 0 unspecified atom stereocenters. The Labute approximate surface area is 218 Å². The average Bonchev–Trinajstić information content (AvgIpc) is 3.07. The fraction of sp³-hybridized carbons (Fsp3) is 0.567. The molecule has 2 atom stereocenters. The molecule has 2 spiro atoms. The van der Waals surface area contributed by atoms with Crippen LogP contribution in [0.4, 0.5) is 5.69 Å². The summed E-state index contributed by atoms with van der Waals surface area (Å²) in [6, 6.07) is 5.92. The Morgan fingerprint density at radius 3 is 2.59 bits per heavy atom. The molecule has 37 heavy (non-hydrogen) atoms. The average molecular weight is 505 g/mol. The highest BCUT2D eigenvalue weighted by Crippen LogP contribution is 2.63. The molecule has 0 bridgehead atoms. The summed E-state index contributed by atoms with van der Waals surface area (Å²) in [5.74, 6) is -0.618. The molecule has 5 aliphatic rings. The lowest BCUT2D eigenvalue weighted by molar-refractivity contribution is -0.141. The van der Waals surface area contributed by atoms with E-state index in [1.165, 1.54) is 0 Å². The number of Topliss-reactive ketones (excluding diaryl/α,β-unsaturated/α-hetero) is 1. The first-order valence-corrected chi connectivity index (χ1v) is 13.7. The van der Waals surface area contributed by atoms with E-state index in [1.54, 1.807) is 6.92 Å². The van der Waals surface area contributed by atoms with Crippen LogP contribution in [0.1, 0.15) is 96.1 Å². The summed E-state index contributed by atoms with van der Waals surface area (Å²) in [5.41, 5.74) is 6.99. The molecule has 0 radical (unpaired) electrons. The second-order valence-electron chi connectivity index (χ2n) is 12.3. The second-order valence-corrected chi connectivity index (χ2v) is 12.3. The summed E-state index contributed by atoms with van der Waals surface area (Å²) in [6.07, 6.45) is 6.64. The zero-order chi connectivity index (χ0) is 26.3. The standard InChI is InChI=1S/C30H36N2O5/c1-5-36-26(34)23-25(31)37-21-16-28(3,4)15-20(33)22(21)30(23)19-11-9-10-18-17(2)14-29(12-7-6-8-13-29)32(24(18)19)27(30)35/h9-11,17H,5-8,12-16,31H2,1-4H3/t17-,30-/m0/s1. The van der Waals surface area contributed by atoms with Crippen LogP contribution in [0.25, 0.3) is 0 Å². The van der Waals surface area contributed by atoms with E-state index in [1.807, 2.05) is 30.9 Å². The third-order valence-electron chi connectivity index (χ3n) is 9.24. The van der Waals surface area contributed by atoms with Crippen molar-refractivity contribution < 1.29 is 23.9 Å². The second kappa shape index (κ2) is 7.95. The Kier molecular flexibility index (Phi) is 5.21. The smallest absolute Gasteiger partial charge is 0.341 e. The number of nitrogens with zero attached hydrogens (tertiary/aromatic N) is 1. The fourth-order valence-corrected chi connectivity index (χ4v) is 7.96. The Morgan fingerprint density at radius 2 is 1.89 bits per heavy atom. The van der Waals surface area contributed by atoms with E-state index >= 15 is 4.79 Å². The normalized spacial score (nSPS) is 29.4. The first kappa shape index (κ1) is 24.3. The molecule has 1 aromatic rings. The lowest BCUT2D eigenvalue weighted by Gasteiger charge is -2.51. The van der Waals surface area contributed by atoms with Gasteiger partial charge < -0.3 is 20.1 Å². The minimum atomic E-state index is -1.66. The van der Waals surface area contributed by atoms with Crippen molar-refractivity contribution in [1.29, 1.82) is 0 Å². The van der Waals surface area contributed by atoms with E-state index in [0.717, 1.165) is 49.8 Å². The van der Waals surface area contributed by atoms with Crippen molar-refractivity contribution in [3.05, 3.63) is 52.1 Å². The zero-order valence-corrected chi connectivity index (χ0v) is 22.2. The monoisotopic (exact) mass is 504 g/mol. The number of carbonyl (C=O) groups is 3. The van der Waals surface area contributed by atoms with Crippen LogP contribution in [0.15, 0.2) is 41.0 Å². The number of hydrogen-bond donors (Lipinski definition) is 1. The topological polar surface area (TPSA) is 98.9 Å². The van der Waals surface area contributed by atoms with Crippen molar-refractivity contribution in [2.24, 2.45) is 11.1 Å². The van der Waals surface area contributed by atoms with E-state index in [-0.39, 0.29) is 58.6 Å². The molecule has 0 aromatic heterocycles. The highest BCUT2D eigenvalue weighted by molar-refractivity contribution is 6.24. The number of benzene rings is 1. The predicted molar refractivity (Wildman–Crippen MR) is 138 cm³/mol. The van der Waals surface area contributed by atoms with E-state index in [0.29, 0.717) is 17.7 Å². The van der Waals surface area contributed by atoms with Crippen LogP contribution in [-0.4, -0.2) is 29.8 Å². The van der Waals surface area contributed by atoms with Gasteiger partial charge in [-0.1, -0.05) is 58.2 Å². The molecular weight excluding hydrogens is 468 g/mol. The first-order chi connectivity index (χ1) is 17.6. The number of ether oxygens (including phenoxy) is 2. The van der Waals surface area contributed by atoms with Gasteiger partial charge in [-0.05, 0) is 43.1 Å². The quantitative estimate of drug-likeness (QED) is 0.576. The van der Waals surface area contributed by atoms with Crippen LogP contribution in [0.3, 0.4) is 0 Å². The van der Waals surface area contributed by atoms with Gasteiger partial charge in [0.05, 0.1) is 17.9 Å². The number of fused-ring (bicyclic) bond motifs is 3. The fourth-order valence-electron chi connectivity index (χ4n) is 7.96. The summed E-state index contributed by atoms with van der Waals surface area (Å²) in [6.45, 7) is 8.06. The van der Waals surface area contributed by atoms with Crippen molar-refractivity contribution in [2.75, 3.05) is 11.5 Å². The summed E-state index contributed by atoms with van der Waals surface area (Å²) < 4.78 is 11.5. The molecule has 6 rings (SSSR count). The van der Waals surface area contributed by atoms with E-state index in [4.69, 9.17) is 15.2 Å². The Hall–Kier alpha value is -3.09. The number of anilines is 1. The van der Waals surface area contributed by atoms with Crippen LogP contribution in [0, 0.1) is 5.41 Å². The number of amides is 1. The van der Waals surface area contributed by atoms with Gasteiger partial charge in [0.1, 0.15) is 16.7 Å². The van der Waals surface area contributed by atoms with Gasteiger partial charge >= 0.3 is 5.97 Å². The predicted octanol–water partition coefficient (Wildman–Crippen LogP) is 4.89. The number of hydrogen-bond acceptors (Lipinski definition) is 6. The lowest BCUT2D eigenvalue weighted by Crippen LogP contribution is -2.59. The number of rotatable bonds is 2. The van der Waals surface area contributed by atoms with Gasteiger partial charge in [-0.2, -0.15) is 0 Å². The van der Waals surface area contributed by atoms with Gasteiger partial charge in [-0.3, -0.25) is 9.59 Å². The molecule has 2 aliphatic carbocycles. The molecule has 7 heteroatoms. The zero-order valence-electron chi connectivity index (χ0n) is 22.2. The van der Waals surface area contributed by atoms with Crippen LogP contribution in [-0.2, 0) is 29.3 Å². The number of esters is 1. The highest BCUT2D eigenvalue weighted by atomic mass is 16.5. The Morgan fingerprint density at radius 1 is 1.16 bits per heavy atom. The van der Waals surface area contributed by atoms with Gasteiger partial charge in [0.25, 0.3) is 0 Å². The molecule has 1 aromatic carbocycles. The summed E-state index contributed by atoms with van der Waals surface area (Å²) in [7, 11) is 0. The molecule has 0 saturated heterocycles. The van der Waals surface area contributed by atoms with Crippen LogP contribution in [0.5, 0.6) is 0 Å². The van der Waals surface area contributed by atoms with Gasteiger partial charge in [0, 0.05) is 23.9 Å². The number of nitrogens with two attached hydrogens (primary N) is 1. The maximum atomic E-state index is 15.1. The highest BCUT2D eigenvalue weighted by Gasteiger charge is 2.68. The number of para-hydroxylation sites is 1. The van der Waals surface area contributed by atoms with E-state index in [2.05, 4.69) is 13.0 Å². The molecule has 3 heterocycles. The molecule has 1 amide bonds. The largest absolute Gasteiger partial charge is 0.462 e. The van der Waals surface area contributed by atoms with Crippen molar-refractivity contribution in [3.8, 4) is 0 Å². The van der Waals surface area contributed by atoms with E-state index < -0.39 is 11.4 Å². The van der Waals surface area contributed by atoms with Crippen molar-refractivity contribution in [1.82, 2.24) is 0 Å². The molecule has 1 fully saturated rings. The summed E-state index contributed by atoms with van der Waals surface area (Å²) in [4.78, 5) is 44.7. The third-order valence-corrected chi connectivity index (χ3v) is 9.24. The lowest BCUT2D eigenvalue weighted by atomic mass is 9.61. The maximum Gasteiger partial charge on any atom is 0.341 e. The molecule has 2 N–H and O–H groups in total. The molecule has 7 nitrogen and oxygen atoms in total. The van der Waals surface area contributed by atoms with Gasteiger partial charge in [0.2, 0.25) is 11.8 Å². The molecule has 3 aliphatic heterocycles. The number of allylic oxidation sites excluding steroid dienone is 1. The Bertz CT molecular complexity index is 1300. The van der Waals surface area contributed by atoms with Crippen LogP contribution in [0.2, 0.25) is 0 Å². The number of carbonyl (C=O) groups excluding carboxylic acids is 3. The SMILES string of the molecule is CCOC(=O)C1=C(N)OC2=C(C(=O)CC(C)(C)C2)[C@]12C(=O)N1c3c(cccc32)[C@@H](C)CC12CCCCC2. The van der Waals surface area contributed by atoms with Crippen molar-refractivity contribution in [3.63, 3.8) is 0 Å². The minimum absolute atomic E-state index is 0.0485. The van der Waals surface area contributed by atoms with Crippen molar-refractivity contribution in [2.45, 2.75) is 95.9 Å². The third kappa shape index (κ3) is 3.09. The maximum absolute atomic E-state index is 15.1. The van der Waals surface area contributed by atoms with E-state index in [9.17, 15) is 9.59 Å².